The molecule has 1 fully saturated rings. The lowest BCUT2D eigenvalue weighted by atomic mass is 10.2. The van der Waals surface area contributed by atoms with Gasteiger partial charge in [-0.2, -0.15) is 0 Å². The summed E-state index contributed by atoms with van der Waals surface area (Å²) >= 11 is 0. The third-order valence-electron chi connectivity index (χ3n) is 2.50. The van der Waals surface area contributed by atoms with Crippen LogP contribution in [0, 0.1) is 0 Å². The van der Waals surface area contributed by atoms with Gasteiger partial charge in [-0.3, -0.25) is 4.90 Å². The van der Waals surface area contributed by atoms with Crippen LogP contribution in [0.2, 0.25) is 0 Å². The van der Waals surface area contributed by atoms with Gasteiger partial charge in [-0.25, -0.2) is 0 Å². The topological polar surface area (TPSA) is 32.7 Å². The zero-order chi connectivity index (χ0) is 8.81. The van der Waals surface area contributed by atoms with Crippen molar-refractivity contribution in [2.75, 3.05) is 33.4 Å². The van der Waals surface area contributed by atoms with Gasteiger partial charge in [0.15, 0.2) is 0 Å². The molecular weight excluding hydrogens is 154 g/mol. The second kappa shape index (κ2) is 5.51. The molecule has 1 aliphatic heterocycles. The molecule has 0 unspecified atom stereocenters. The molecule has 0 spiro atoms. The maximum Gasteiger partial charge on any atom is 0.0586 e. The predicted molar refractivity (Wildman–Crippen MR) is 48.2 cm³/mol. The number of hydrogen-bond acceptors (Lipinski definition) is 3. The van der Waals surface area contributed by atoms with Gasteiger partial charge in [0.05, 0.1) is 6.61 Å². The highest BCUT2D eigenvalue weighted by Crippen LogP contribution is 2.16. The van der Waals surface area contributed by atoms with Crippen LogP contribution < -0.4 is 0 Å². The Hall–Kier alpha value is -0.120. The molecule has 0 bridgehead atoms. The van der Waals surface area contributed by atoms with E-state index in [-0.39, 0.29) is 0 Å². The van der Waals surface area contributed by atoms with Gasteiger partial charge in [-0.1, -0.05) is 0 Å². The molecule has 0 aromatic heterocycles. The van der Waals surface area contributed by atoms with E-state index >= 15 is 0 Å². The first-order chi connectivity index (χ1) is 5.88. The minimum atomic E-state index is 0.312. The van der Waals surface area contributed by atoms with Crippen LogP contribution in [0.4, 0.5) is 0 Å². The molecule has 3 nitrogen and oxygen atoms in total. The van der Waals surface area contributed by atoms with Gasteiger partial charge >= 0.3 is 0 Å². The van der Waals surface area contributed by atoms with E-state index in [4.69, 9.17) is 9.84 Å². The van der Waals surface area contributed by atoms with Gasteiger partial charge in [-0.05, 0) is 25.8 Å². The van der Waals surface area contributed by atoms with Crippen LogP contribution in [0.15, 0.2) is 0 Å². The van der Waals surface area contributed by atoms with E-state index in [1.807, 2.05) is 0 Å². The van der Waals surface area contributed by atoms with Crippen molar-refractivity contribution in [2.24, 2.45) is 0 Å². The quantitative estimate of drug-likeness (QED) is 0.614. The van der Waals surface area contributed by atoms with Gasteiger partial charge in [0, 0.05) is 26.3 Å². The summed E-state index contributed by atoms with van der Waals surface area (Å²) < 4.78 is 4.98. The molecule has 1 atom stereocenters. The number of hydrogen-bond donors (Lipinski definition) is 1. The van der Waals surface area contributed by atoms with Crippen molar-refractivity contribution in [1.29, 1.82) is 0 Å². The summed E-state index contributed by atoms with van der Waals surface area (Å²) in [5.74, 6) is 0. The number of likely N-dealkylation sites (tertiary alicyclic amines) is 1. The molecule has 1 heterocycles. The normalized spacial score (nSPS) is 25.0. The third kappa shape index (κ3) is 2.73. The third-order valence-corrected chi connectivity index (χ3v) is 2.50. The van der Waals surface area contributed by atoms with E-state index in [1.54, 1.807) is 7.11 Å². The van der Waals surface area contributed by atoms with Crippen molar-refractivity contribution in [1.82, 2.24) is 4.90 Å². The van der Waals surface area contributed by atoms with Crippen LogP contribution >= 0.6 is 0 Å². The summed E-state index contributed by atoms with van der Waals surface area (Å²) in [5, 5.41) is 9.02. The number of aliphatic hydroxyl groups is 1. The molecule has 0 aromatic rings. The van der Waals surface area contributed by atoms with Gasteiger partial charge < -0.3 is 9.84 Å². The lowest BCUT2D eigenvalue weighted by Crippen LogP contribution is -2.33. The molecule has 1 aliphatic rings. The van der Waals surface area contributed by atoms with E-state index in [0.717, 1.165) is 32.5 Å². The number of rotatable bonds is 5. The number of methoxy groups -OCH3 is 1. The zero-order valence-electron chi connectivity index (χ0n) is 7.83. The van der Waals surface area contributed by atoms with E-state index < -0.39 is 0 Å². The molecule has 0 saturated carbocycles. The minimum Gasteiger partial charge on any atom is -0.395 e. The molecule has 1 rings (SSSR count). The molecule has 0 aromatic carbocycles. The fourth-order valence-corrected chi connectivity index (χ4v) is 1.81. The molecule has 1 saturated heterocycles. The zero-order valence-corrected chi connectivity index (χ0v) is 7.83. The van der Waals surface area contributed by atoms with Crippen molar-refractivity contribution < 1.29 is 9.84 Å². The molecular formula is C9H19NO2. The average Bonchev–Trinajstić information content (AvgIpc) is 2.52. The largest absolute Gasteiger partial charge is 0.395 e. The van der Waals surface area contributed by atoms with Crippen LogP contribution in [0.25, 0.3) is 0 Å². The second-order valence-electron chi connectivity index (χ2n) is 3.36. The first-order valence-corrected chi connectivity index (χ1v) is 4.72. The molecule has 0 amide bonds. The Kier molecular flexibility index (Phi) is 4.58. The lowest BCUT2D eigenvalue weighted by Gasteiger charge is -2.22. The van der Waals surface area contributed by atoms with Gasteiger partial charge in [0.1, 0.15) is 0 Å². The van der Waals surface area contributed by atoms with Crippen molar-refractivity contribution in [2.45, 2.75) is 25.3 Å². The van der Waals surface area contributed by atoms with Gasteiger partial charge in [0.2, 0.25) is 0 Å². The monoisotopic (exact) mass is 173 g/mol. The van der Waals surface area contributed by atoms with Crippen molar-refractivity contribution in [3.63, 3.8) is 0 Å². The Bertz CT molecular complexity index is 119. The fourth-order valence-electron chi connectivity index (χ4n) is 1.81. The Labute approximate surface area is 74.3 Å². The smallest absolute Gasteiger partial charge is 0.0586 e. The predicted octanol–water partition coefficient (Wildman–Crippen LogP) is 0.480. The summed E-state index contributed by atoms with van der Waals surface area (Å²) in [5.41, 5.74) is 0. The van der Waals surface area contributed by atoms with E-state index in [1.165, 1.54) is 6.42 Å². The minimum absolute atomic E-state index is 0.312. The Balaban J connectivity index is 2.12. The fraction of sp³-hybridized carbons (Fsp3) is 1.00. The van der Waals surface area contributed by atoms with Crippen molar-refractivity contribution in [3.8, 4) is 0 Å². The highest BCUT2D eigenvalue weighted by atomic mass is 16.5. The summed E-state index contributed by atoms with van der Waals surface area (Å²) in [6.45, 7) is 3.36. The Morgan fingerprint density at radius 1 is 1.58 bits per heavy atom. The molecule has 1 N–H and O–H groups in total. The first kappa shape index (κ1) is 9.96. The maximum atomic E-state index is 9.02. The van der Waals surface area contributed by atoms with Gasteiger partial charge in [0.25, 0.3) is 0 Å². The van der Waals surface area contributed by atoms with Crippen molar-refractivity contribution >= 4 is 0 Å². The average molecular weight is 173 g/mol. The number of ether oxygens (including phenoxy) is 1. The van der Waals surface area contributed by atoms with Crippen LogP contribution in [-0.4, -0.2) is 49.5 Å². The van der Waals surface area contributed by atoms with E-state index in [0.29, 0.717) is 12.6 Å². The van der Waals surface area contributed by atoms with E-state index in [2.05, 4.69) is 4.90 Å². The summed E-state index contributed by atoms with van der Waals surface area (Å²) in [6.07, 6.45) is 3.47. The Morgan fingerprint density at radius 3 is 3.08 bits per heavy atom. The summed E-state index contributed by atoms with van der Waals surface area (Å²) in [4.78, 5) is 2.36. The number of nitrogens with zero attached hydrogens (tertiary/aromatic N) is 1. The molecule has 0 aliphatic carbocycles. The summed E-state index contributed by atoms with van der Waals surface area (Å²) in [6, 6.07) is 0.418. The van der Waals surface area contributed by atoms with Crippen LogP contribution in [0.3, 0.4) is 0 Å². The summed E-state index contributed by atoms with van der Waals surface area (Å²) in [7, 11) is 1.73. The van der Waals surface area contributed by atoms with Gasteiger partial charge in [-0.15, -0.1) is 0 Å². The molecule has 3 heteroatoms. The lowest BCUT2D eigenvalue weighted by molar-refractivity contribution is 0.136. The maximum absolute atomic E-state index is 9.02. The van der Waals surface area contributed by atoms with Crippen LogP contribution in [-0.2, 0) is 4.74 Å². The SMILES string of the molecule is COCCCN1CCC[C@H]1CO. The first-order valence-electron chi connectivity index (χ1n) is 4.72. The molecule has 12 heavy (non-hydrogen) atoms. The highest BCUT2D eigenvalue weighted by molar-refractivity contribution is 4.77. The molecule has 0 radical (unpaired) electrons. The Morgan fingerprint density at radius 2 is 2.42 bits per heavy atom. The van der Waals surface area contributed by atoms with E-state index in [9.17, 15) is 0 Å². The van der Waals surface area contributed by atoms with Crippen LogP contribution in [0.1, 0.15) is 19.3 Å². The molecule has 72 valence electrons. The standard InChI is InChI=1S/C9H19NO2/c1-12-7-3-6-10-5-2-4-9(10)8-11/h9,11H,2-8H2,1H3/t9-/m0/s1. The number of aliphatic hydroxyl groups excluding tert-OH is 1. The highest BCUT2D eigenvalue weighted by Gasteiger charge is 2.22. The van der Waals surface area contributed by atoms with Crippen molar-refractivity contribution in [3.05, 3.63) is 0 Å². The van der Waals surface area contributed by atoms with Crippen LogP contribution in [0.5, 0.6) is 0 Å². The second-order valence-corrected chi connectivity index (χ2v) is 3.36.